The van der Waals surface area contributed by atoms with Crippen LogP contribution in [0.4, 0.5) is 0 Å². The Labute approximate surface area is 239 Å². The zero-order valence-corrected chi connectivity index (χ0v) is 25.8. The first-order valence-electron chi connectivity index (χ1n) is 13.9. The number of fused-ring (bicyclic) bond motifs is 1. The van der Waals surface area contributed by atoms with Gasteiger partial charge in [0.15, 0.2) is 0 Å². The summed E-state index contributed by atoms with van der Waals surface area (Å²) in [5.41, 5.74) is 1.04. The molecule has 2 nitrogen and oxygen atoms in total. The third kappa shape index (κ3) is 4.94. The zero-order chi connectivity index (χ0) is 28.6. The van der Waals surface area contributed by atoms with Gasteiger partial charge in [0, 0.05) is 31.5 Å². The highest BCUT2D eigenvalue weighted by molar-refractivity contribution is 7.80. The summed E-state index contributed by atoms with van der Waals surface area (Å²) in [6.07, 6.45) is 0.582. The average Bonchev–Trinajstić information content (AvgIpc) is 2.96. The second kappa shape index (κ2) is 10.7. The van der Waals surface area contributed by atoms with Crippen LogP contribution in [0.15, 0.2) is 127 Å². The Bertz CT molecular complexity index is 1730. The van der Waals surface area contributed by atoms with Crippen LogP contribution in [-0.4, -0.2) is 10.3 Å². The van der Waals surface area contributed by atoms with Gasteiger partial charge >= 0.3 is 0 Å². The van der Waals surface area contributed by atoms with Crippen molar-refractivity contribution in [1.29, 1.82) is 0 Å². The van der Waals surface area contributed by atoms with Crippen molar-refractivity contribution in [2.45, 2.75) is 51.4 Å². The average molecular weight is 565 g/mol. The van der Waals surface area contributed by atoms with Crippen LogP contribution in [0.2, 0.25) is 0 Å². The molecule has 0 aliphatic heterocycles. The largest absolute Gasteiger partial charge is 0.313 e. The van der Waals surface area contributed by atoms with Gasteiger partial charge in [-0.15, -0.1) is 0 Å². The Morgan fingerprint density at radius 2 is 0.975 bits per heavy atom. The fraction of sp³-hybridized carbons (Fsp3) is 0.222. The van der Waals surface area contributed by atoms with E-state index >= 15 is 4.57 Å². The summed E-state index contributed by atoms with van der Waals surface area (Å²) in [7, 11) is -6.07. The number of benzene rings is 5. The van der Waals surface area contributed by atoms with Gasteiger partial charge in [0.05, 0.1) is 0 Å². The molecule has 5 aromatic rings. The molecule has 0 N–H and O–H groups in total. The van der Waals surface area contributed by atoms with E-state index in [-0.39, 0.29) is 0 Å². The van der Waals surface area contributed by atoms with Crippen molar-refractivity contribution in [3.63, 3.8) is 0 Å². The molecule has 40 heavy (non-hydrogen) atoms. The fourth-order valence-corrected chi connectivity index (χ4v) is 12.3. The van der Waals surface area contributed by atoms with Crippen molar-refractivity contribution < 1.29 is 9.13 Å². The van der Waals surface area contributed by atoms with Gasteiger partial charge < -0.3 is 9.13 Å². The fourth-order valence-electron chi connectivity index (χ4n) is 5.89. The molecule has 0 radical (unpaired) electrons. The van der Waals surface area contributed by atoms with Gasteiger partial charge in [-0.3, -0.25) is 0 Å². The standard InChI is InChI=1S/C36H38O2P2/c1-35(2,3)39(37,31-18-8-6-9-19-31)33-22-14-15-28(25-33)27-36(4,5)40(38,32-20-10-7-11-21-32)34-24-23-29-16-12-13-17-30(29)26-34/h6-26H,27H2,1-5H3. The minimum atomic E-state index is -3.11. The smallest absolute Gasteiger partial charge is 0.148 e. The first-order chi connectivity index (χ1) is 19.0. The van der Waals surface area contributed by atoms with Crippen LogP contribution in [-0.2, 0) is 15.6 Å². The third-order valence-corrected chi connectivity index (χ3v) is 15.9. The van der Waals surface area contributed by atoms with Gasteiger partial charge in [0.2, 0.25) is 0 Å². The second-order valence-corrected chi connectivity index (χ2v) is 19.3. The van der Waals surface area contributed by atoms with E-state index in [1.54, 1.807) is 0 Å². The van der Waals surface area contributed by atoms with Gasteiger partial charge in [0.25, 0.3) is 0 Å². The maximum atomic E-state index is 15.5. The van der Waals surface area contributed by atoms with Gasteiger partial charge in [-0.1, -0.05) is 150 Å². The highest BCUT2D eigenvalue weighted by Crippen LogP contribution is 2.58. The van der Waals surface area contributed by atoms with Gasteiger partial charge in [-0.2, -0.15) is 0 Å². The molecule has 0 saturated carbocycles. The second-order valence-electron chi connectivity index (χ2n) is 12.3. The Morgan fingerprint density at radius 1 is 0.475 bits per heavy atom. The van der Waals surface area contributed by atoms with Gasteiger partial charge in [-0.05, 0) is 34.9 Å². The minimum absolute atomic E-state index is 0.451. The molecule has 4 heteroatoms. The normalized spacial score (nSPS) is 15.3. The van der Waals surface area contributed by atoms with E-state index in [0.29, 0.717) is 6.42 Å². The van der Waals surface area contributed by atoms with E-state index in [0.717, 1.165) is 37.6 Å². The van der Waals surface area contributed by atoms with Gasteiger partial charge in [0.1, 0.15) is 14.3 Å². The molecule has 204 valence electrons. The van der Waals surface area contributed by atoms with E-state index in [2.05, 4.69) is 71.0 Å². The van der Waals surface area contributed by atoms with E-state index in [9.17, 15) is 4.57 Å². The van der Waals surface area contributed by atoms with Crippen LogP contribution in [0.1, 0.15) is 40.2 Å². The molecule has 0 bridgehead atoms. The molecule has 0 aromatic heterocycles. The molecule has 0 aliphatic carbocycles. The molecule has 2 unspecified atom stereocenters. The van der Waals surface area contributed by atoms with E-state index in [1.807, 2.05) is 91.0 Å². The highest BCUT2D eigenvalue weighted by Gasteiger charge is 2.44. The number of hydrogen-bond donors (Lipinski definition) is 0. The first-order valence-corrected chi connectivity index (χ1v) is 17.3. The van der Waals surface area contributed by atoms with Crippen LogP contribution < -0.4 is 21.2 Å². The molecule has 0 amide bonds. The molecule has 5 aromatic carbocycles. The minimum Gasteiger partial charge on any atom is -0.313 e. The molecule has 5 rings (SSSR count). The van der Waals surface area contributed by atoms with Crippen molar-refractivity contribution in [3.05, 3.63) is 133 Å². The Kier molecular flexibility index (Phi) is 7.56. The van der Waals surface area contributed by atoms with Crippen LogP contribution in [0.25, 0.3) is 10.8 Å². The van der Waals surface area contributed by atoms with Crippen LogP contribution in [0, 0.1) is 0 Å². The lowest BCUT2D eigenvalue weighted by atomic mass is 10.0. The molecular weight excluding hydrogens is 526 g/mol. The first kappa shape index (κ1) is 28.4. The Morgan fingerprint density at radius 3 is 1.57 bits per heavy atom. The lowest BCUT2D eigenvalue weighted by molar-refractivity contribution is 0.551. The van der Waals surface area contributed by atoms with Crippen molar-refractivity contribution in [1.82, 2.24) is 0 Å². The maximum Gasteiger partial charge on any atom is 0.148 e. The van der Waals surface area contributed by atoms with Crippen LogP contribution in [0.3, 0.4) is 0 Å². The van der Waals surface area contributed by atoms with Crippen molar-refractivity contribution >= 4 is 46.3 Å². The predicted octanol–water partition coefficient (Wildman–Crippen LogP) is 8.29. The Hall–Kier alpha value is -3.18. The quantitative estimate of drug-likeness (QED) is 0.186. The molecule has 2 atom stereocenters. The van der Waals surface area contributed by atoms with Gasteiger partial charge in [-0.25, -0.2) is 0 Å². The van der Waals surface area contributed by atoms with Crippen LogP contribution >= 0.6 is 14.3 Å². The maximum absolute atomic E-state index is 15.5. The topological polar surface area (TPSA) is 34.1 Å². The zero-order valence-electron chi connectivity index (χ0n) is 24.0. The lowest BCUT2D eigenvalue weighted by Crippen LogP contribution is -2.35. The summed E-state index contributed by atoms with van der Waals surface area (Å²) in [6.45, 7) is 10.4. The van der Waals surface area contributed by atoms with Crippen molar-refractivity contribution in [2.24, 2.45) is 0 Å². The summed E-state index contributed by atoms with van der Waals surface area (Å²) >= 11 is 0. The molecular formula is C36H38O2P2. The molecule has 0 saturated heterocycles. The molecule has 0 spiro atoms. The molecule has 0 aliphatic rings. The summed E-state index contributed by atoms with van der Waals surface area (Å²) in [5.74, 6) is 0. The van der Waals surface area contributed by atoms with Crippen molar-refractivity contribution in [3.8, 4) is 0 Å². The van der Waals surface area contributed by atoms with Crippen LogP contribution in [0.5, 0.6) is 0 Å². The van der Waals surface area contributed by atoms with E-state index in [4.69, 9.17) is 0 Å². The molecule has 0 fully saturated rings. The predicted molar refractivity (Wildman–Crippen MR) is 175 cm³/mol. The Balaban J connectivity index is 1.62. The summed E-state index contributed by atoms with van der Waals surface area (Å²) in [6, 6.07) is 42.4. The summed E-state index contributed by atoms with van der Waals surface area (Å²) in [4.78, 5) is 0. The lowest BCUT2D eigenvalue weighted by Gasteiger charge is -2.36. The highest BCUT2D eigenvalue weighted by atomic mass is 31.2. The van der Waals surface area contributed by atoms with E-state index in [1.165, 1.54) is 0 Å². The third-order valence-electron chi connectivity index (χ3n) is 8.04. The number of rotatable bonds is 7. The number of hydrogen-bond acceptors (Lipinski definition) is 2. The summed E-state index contributed by atoms with van der Waals surface area (Å²) < 4.78 is 30.4. The SMILES string of the molecule is CC(C)(C)P(=O)(c1ccccc1)c1cccc(CC(C)(C)P(=O)(c2ccccc2)c2ccc3ccccc3c2)c1. The molecule has 0 heterocycles. The van der Waals surface area contributed by atoms with Crippen molar-refractivity contribution in [2.75, 3.05) is 0 Å². The monoisotopic (exact) mass is 564 g/mol. The summed E-state index contributed by atoms with van der Waals surface area (Å²) in [5, 5.41) is 4.60. The van der Waals surface area contributed by atoms with E-state index < -0.39 is 24.6 Å².